The molecule has 0 unspecified atom stereocenters. The monoisotopic (exact) mass is 271 g/mol. The Morgan fingerprint density at radius 3 is 2.30 bits per heavy atom. The lowest BCUT2D eigenvalue weighted by Crippen LogP contribution is -2.30. The van der Waals surface area contributed by atoms with Crippen LogP contribution in [0.25, 0.3) is 0 Å². The zero-order chi connectivity index (χ0) is 14.4. The summed E-state index contributed by atoms with van der Waals surface area (Å²) in [5.74, 6) is 0.414. The van der Waals surface area contributed by atoms with Crippen LogP contribution in [0.5, 0.6) is 11.5 Å². The molecule has 0 bridgehead atoms. The minimum atomic E-state index is -0.669. The van der Waals surface area contributed by atoms with E-state index in [9.17, 15) is 4.79 Å². The molecular formula is C16H17NO3. The highest BCUT2D eigenvalue weighted by molar-refractivity contribution is 5.78. The first-order valence-electron chi connectivity index (χ1n) is 6.40. The number of para-hydroxylation sites is 2. The van der Waals surface area contributed by atoms with Crippen LogP contribution in [-0.4, -0.2) is 12.0 Å². The first-order valence-corrected chi connectivity index (χ1v) is 6.40. The molecule has 20 heavy (non-hydrogen) atoms. The second-order valence-corrected chi connectivity index (χ2v) is 4.43. The molecule has 0 aliphatic rings. The van der Waals surface area contributed by atoms with Crippen LogP contribution in [-0.2, 0) is 11.4 Å². The van der Waals surface area contributed by atoms with Gasteiger partial charge in [0.25, 0.3) is 0 Å². The van der Waals surface area contributed by atoms with Crippen LogP contribution in [0.1, 0.15) is 12.5 Å². The van der Waals surface area contributed by atoms with Crippen molar-refractivity contribution in [3.8, 4) is 11.5 Å². The average Bonchev–Trinajstić information content (AvgIpc) is 2.47. The van der Waals surface area contributed by atoms with Gasteiger partial charge in [-0.15, -0.1) is 0 Å². The molecule has 0 amide bonds. The number of benzene rings is 2. The van der Waals surface area contributed by atoms with E-state index in [0.29, 0.717) is 18.1 Å². The number of ether oxygens (including phenoxy) is 2. The first-order chi connectivity index (χ1) is 9.66. The van der Waals surface area contributed by atoms with Gasteiger partial charge in [0.15, 0.2) is 11.5 Å². The number of hydrogen-bond donors (Lipinski definition) is 1. The highest BCUT2D eigenvalue weighted by atomic mass is 16.6. The molecule has 0 aromatic heterocycles. The molecule has 0 radical (unpaired) electrons. The fourth-order valence-electron chi connectivity index (χ4n) is 1.59. The summed E-state index contributed by atoms with van der Waals surface area (Å²) >= 11 is 0. The summed E-state index contributed by atoms with van der Waals surface area (Å²) in [5.41, 5.74) is 6.53. The summed E-state index contributed by atoms with van der Waals surface area (Å²) in [4.78, 5) is 11.5. The molecular weight excluding hydrogens is 254 g/mol. The molecule has 0 fully saturated rings. The van der Waals surface area contributed by atoms with Gasteiger partial charge in [-0.1, -0.05) is 42.5 Å². The van der Waals surface area contributed by atoms with E-state index in [0.717, 1.165) is 5.56 Å². The normalized spacial score (nSPS) is 11.7. The highest BCUT2D eigenvalue weighted by Crippen LogP contribution is 2.27. The number of hydrogen-bond acceptors (Lipinski definition) is 4. The van der Waals surface area contributed by atoms with Crippen LogP contribution >= 0.6 is 0 Å². The Bertz CT molecular complexity index is 567. The van der Waals surface area contributed by atoms with Crippen molar-refractivity contribution in [2.24, 2.45) is 5.73 Å². The summed E-state index contributed by atoms with van der Waals surface area (Å²) < 4.78 is 10.9. The van der Waals surface area contributed by atoms with E-state index in [2.05, 4.69) is 0 Å². The highest BCUT2D eigenvalue weighted by Gasteiger charge is 2.13. The molecule has 2 N–H and O–H groups in total. The van der Waals surface area contributed by atoms with Crippen LogP contribution < -0.4 is 15.2 Å². The number of carbonyl (C=O) groups is 1. The van der Waals surface area contributed by atoms with E-state index in [1.165, 1.54) is 0 Å². The van der Waals surface area contributed by atoms with Crippen molar-refractivity contribution in [1.82, 2.24) is 0 Å². The number of rotatable bonds is 5. The van der Waals surface area contributed by atoms with Crippen molar-refractivity contribution in [2.75, 3.05) is 0 Å². The summed E-state index contributed by atoms with van der Waals surface area (Å²) in [7, 11) is 0. The SMILES string of the molecule is C[C@H](N)C(=O)Oc1ccccc1OCc1ccccc1. The Balaban J connectivity index is 2.06. The van der Waals surface area contributed by atoms with E-state index in [1.807, 2.05) is 36.4 Å². The van der Waals surface area contributed by atoms with E-state index in [4.69, 9.17) is 15.2 Å². The van der Waals surface area contributed by atoms with Gasteiger partial charge < -0.3 is 15.2 Å². The van der Waals surface area contributed by atoms with Gasteiger partial charge in [-0.25, -0.2) is 4.79 Å². The second kappa shape index (κ2) is 6.73. The summed E-state index contributed by atoms with van der Waals surface area (Å²) in [5, 5.41) is 0. The standard InChI is InChI=1S/C16H17NO3/c1-12(17)16(18)20-15-10-6-5-9-14(15)19-11-13-7-3-2-4-8-13/h2-10,12H,11,17H2,1H3/t12-/m0/s1. The van der Waals surface area contributed by atoms with Crippen LogP contribution in [0, 0.1) is 0 Å². The topological polar surface area (TPSA) is 61.6 Å². The molecule has 2 rings (SSSR count). The maximum atomic E-state index is 11.5. The molecule has 0 heterocycles. The van der Waals surface area contributed by atoms with Crippen LogP contribution in [0.2, 0.25) is 0 Å². The molecule has 2 aromatic rings. The third kappa shape index (κ3) is 3.83. The van der Waals surface area contributed by atoms with Crippen LogP contribution in [0.15, 0.2) is 54.6 Å². The largest absolute Gasteiger partial charge is 0.485 e. The number of esters is 1. The first kappa shape index (κ1) is 14.1. The Hall–Kier alpha value is -2.33. The minimum Gasteiger partial charge on any atom is -0.485 e. The van der Waals surface area contributed by atoms with Gasteiger partial charge in [0.1, 0.15) is 12.6 Å². The van der Waals surface area contributed by atoms with Gasteiger partial charge in [0.2, 0.25) is 0 Å². The van der Waals surface area contributed by atoms with E-state index >= 15 is 0 Å². The zero-order valence-electron chi connectivity index (χ0n) is 11.3. The number of nitrogens with two attached hydrogens (primary N) is 1. The molecule has 2 aromatic carbocycles. The Morgan fingerprint density at radius 1 is 1.05 bits per heavy atom. The zero-order valence-corrected chi connectivity index (χ0v) is 11.3. The molecule has 1 atom stereocenters. The summed E-state index contributed by atoms with van der Waals surface area (Å²) in [6.07, 6.45) is 0. The van der Waals surface area contributed by atoms with Gasteiger partial charge in [0, 0.05) is 0 Å². The van der Waals surface area contributed by atoms with Gasteiger partial charge in [-0.05, 0) is 24.6 Å². The van der Waals surface area contributed by atoms with Crippen molar-refractivity contribution in [3.05, 3.63) is 60.2 Å². The average molecular weight is 271 g/mol. The molecule has 0 aliphatic carbocycles. The van der Waals surface area contributed by atoms with Gasteiger partial charge in [-0.2, -0.15) is 0 Å². The molecule has 104 valence electrons. The Labute approximate surface area is 118 Å². The lowest BCUT2D eigenvalue weighted by atomic mass is 10.2. The second-order valence-electron chi connectivity index (χ2n) is 4.43. The number of carbonyl (C=O) groups excluding carboxylic acids is 1. The molecule has 0 spiro atoms. The smallest absolute Gasteiger partial charge is 0.328 e. The summed E-state index contributed by atoms with van der Waals surface area (Å²) in [6.45, 7) is 1.99. The van der Waals surface area contributed by atoms with Crippen molar-refractivity contribution in [1.29, 1.82) is 0 Å². The predicted molar refractivity (Wildman–Crippen MR) is 76.5 cm³/mol. The molecule has 0 aliphatic heterocycles. The van der Waals surface area contributed by atoms with E-state index < -0.39 is 12.0 Å². The van der Waals surface area contributed by atoms with Crippen molar-refractivity contribution in [2.45, 2.75) is 19.6 Å². The van der Waals surface area contributed by atoms with E-state index in [-0.39, 0.29) is 0 Å². The lowest BCUT2D eigenvalue weighted by molar-refractivity contribution is -0.135. The van der Waals surface area contributed by atoms with Crippen molar-refractivity contribution >= 4 is 5.97 Å². The minimum absolute atomic E-state index is 0.380. The fourth-order valence-corrected chi connectivity index (χ4v) is 1.59. The maximum absolute atomic E-state index is 11.5. The van der Waals surface area contributed by atoms with Crippen LogP contribution in [0.3, 0.4) is 0 Å². The third-order valence-electron chi connectivity index (χ3n) is 2.67. The van der Waals surface area contributed by atoms with Crippen molar-refractivity contribution in [3.63, 3.8) is 0 Å². The molecule has 0 saturated carbocycles. The quantitative estimate of drug-likeness (QED) is 0.670. The Kier molecular flexibility index (Phi) is 4.74. The fraction of sp³-hybridized carbons (Fsp3) is 0.188. The maximum Gasteiger partial charge on any atom is 0.328 e. The summed E-state index contributed by atoms with van der Waals surface area (Å²) in [6, 6.07) is 16.1. The van der Waals surface area contributed by atoms with E-state index in [1.54, 1.807) is 25.1 Å². The van der Waals surface area contributed by atoms with Crippen molar-refractivity contribution < 1.29 is 14.3 Å². The molecule has 0 saturated heterocycles. The molecule has 4 nitrogen and oxygen atoms in total. The van der Waals surface area contributed by atoms with Gasteiger partial charge in [-0.3, -0.25) is 0 Å². The van der Waals surface area contributed by atoms with Crippen LogP contribution in [0.4, 0.5) is 0 Å². The molecule has 4 heteroatoms. The van der Waals surface area contributed by atoms with Gasteiger partial charge in [0.05, 0.1) is 0 Å². The Morgan fingerprint density at radius 2 is 1.65 bits per heavy atom. The predicted octanol–water partition coefficient (Wildman–Crippen LogP) is 2.52. The van der Waals surface area contributed by atoms with Gasteiger partial charge >= 0.3 is 5.97 Å². The lowest BCUT2D eigenvalue weighted by Gasteiger charge is -2.12. The third-order valence-corrected chi connectivity index (χ3v) is 2.67.